The highest BCUT2D eigenvalue weighted by molar-refractivity contribution is 6.34. The molecule has 0 aliphatic heterocycles. The molecule has 8 nitrogen and oxygen atoms in total. The molecular weight excluding hydrogens is 250 g/mol. The van der Waals surface area contributed by atoms with Gasteiger partial charge in [-0.15, -0.1) is 5.10 Å². The molecule has 0 aliphatic carbocycles. The fraction of sp³-hybridized carbons (Fsp3) is 0. The fourth-order valence-electron chi connectivity index (χ4n) is 0.975. The molecule has 0 bridgehead atoms. The minimum absolute atomic E-state index is 0.200. The maximum absolute atomic E-state index is 10.5. The van der Waals surface area contributed by atoms with Gasteiger partial charge < -0.3 is 16.6 Å². The third-order valence-electron chi connectivity index (χ3n) is 1.69. The Hall–Kier alpha value is -2.35. The Labute approximate surface area is 100 Å². The van der Waals surface area contributed by atoms with Gasteiger partial charge in [0, 0.05) is 11.6 Å². The number of hydrogen-bond acceptors (Lipinski definition) is 5. The Kier molecular flexibility index (Phi) is 3.83. The second kappa shape index (κ2) is 5.12. The summed E-state index contributed by atoms with van der Waals surface area (Å²) in [6, 6.07) is 2.41. The second-order valence-electron chi connectivity index (χ2n) is 2.86. The molecule has 0 saturated heterocycles. The molecule has 1 rings (SSSR count). The van der Waals surface area contributed by atoms with Gasteiger partial charge in [-0.25, -0.2) is 0 Å². The monoisotopic (exact) mass is 257 g/mol. The summed E-state index contributed by atoms with van der Waals surface area (Å²) >= 11 is 5.70. The molecule has 0 aromatic heterocycles. The number of phenolic OH excluding ortho intramolecular Hbond substituents is 1. The minimum atomic E-state index is -0.752. The van der Waals surface area contributed by atoms with Crippen molar-refractivity contribution in [3.8, 4) is 5.75 Å². The molecule has 0 aliphatic rings. The summed E-state index contributed by atoms with van der Waals surface area (Å²) in [6.07, 6.45) is 1.16. The van der Waals surface area contributed by atoms with Crippen molar-refractivity contribution in [3.05, 3.63) is 32.8 Å². The zero-order chi connectivity index (χ0) is 13.0. The molecule has 0 fully saturated rings. The molecule has 1 aromatic rings. The first-order chi connectivity index (χ1) is 7.93. The van der Waals surface area contributed by atoms with Gasteiger partial charge in [0.1, 0.15) is 0 Å². The van der Waals surface area contributed by atoms with E-state index < -0.39 is 16.4 Å². The van der Waals surface area contributed by atoms with E-state index in [2.05, 4.69) is 10.2 Å². The van der Waals surface area contributed by atoms with E-state index >= 15 is 0 Å². The van der Waals surface area contributed by atoms with Gasteiger partial charge >= 0.3 is 5.69 Å². The Morgan fingerprint density at radius 3 is 2.71 bits per heavy atom. The second-order valence-corrected chi connectivity index (χ2v) is 3.24. The predicted molar refractivity (Wildman–Crippen MR) is 63.2 cm³/mol. The van der Waals surface area contributed by atoms with E-state index in [1.165, 1.54) is 6.07 Å². The van der Waals surface area contributed by atoms with Crippen LogP contribution in [0.15, 0.2) is 22.3 Å². The maximum atomic E-state index is 10.5. The van der Waals surface area contributed by atoms with Gasteiger partial charge in [0.25, 0.3) is 0 Å². The number of hydrogen-bond donors (Lipinski definition) is 3. The van der Waals surface area contributed by atoms with Crippen LogP contribution >= 0.6 is 11.6 Å². The number of nitrogens with two attached hydrogens (primary N) is 2. The molecule has 0 saturated carbocycles. The molecule has 17 heavy (non-hydrogen) atoms. The van der Waals surface area contributed by atoms with E-state index in [-0.39, 0.29) is 16.5 Å². The van der Waals surface area contributed by atoms with E-state index in [0.29, 0.717) is 0 Å². The molecule has 0 atom stereocenters. The van der Waals surface area contributed by atoms with Gasteiger partial charge in [-0.2, -0.15) is 5.10 Å². The van der Waals surface area contributed by atoms with Crippen molar-refractivity contribution in [2.24, 2.45) is 21.7 Å². The van der Waals surface area contributed by atoms with Crippen LogP contribution in [0.1, 0.15) is 5.56 Å². The topological polar surface area (TPSA) is 140 Å². The average Bonchev–Trinajstić information content (AvgIpc) is 2.23. The summed E-state index contributed by atoms with van der Waals surface area (Å²) in [4.78, 5) is 9.74. The van der Waals surface area contributed by atoms with Crippen molar-refractivity contribution < 1.29 is 10.0 Å². The summed E-state index contributed by atoms with van der Waals surface area (Å²) < 4.78 is 0. The normalized spacial score (nSPS) is 10.4. The molecular formula is C8H8ClN5O3. The summed E-state index contributed by atoms with van der Waals surface area (Å²) in [5.41, 5.74) is 9.82. The van der Waals surface area contributed by atoms with Gasteiger partial charge in [-0.3, -0.25) is 10.1 Å². The third-order valence-corrected chi connectivity index (χ3v) is 2.09. The van der Waals surface area contributed by atoms with Crippen LogP contribution < -0.4 is 11.5 Å². The van der Waals surface area contributed by atoms with Crippen LogP contribution in [-0.4, -0.2) is 22.2 Å². The Balaban J connectivity index is 3.13. The maximum Gasteiger partial charge on any atom is 0.312 e. The lowest BCUT2D eigenvalue weighted by Crippen LogP contribution is -2.21. The lowest BCUT2D eigenvalue weighted by Gasteiger charge is -2.01. The van der Waals surface area contributed by atoms with Crippen LogP contribution in [0.3, 0.4) is 0 Å². The first kappa shape index (κ1) is 12.7. The van der Waals surface area contributed by atoms with Gasteiger partial charge in [0.05, 0.1) is 16.2 Å². The van der Waals surface area contributed by atoms with Crippen molar-refractivity contribution in [2.75, 3.05) is 0 Å². The lowest BCUT2D eigenvalue weighted by atomic mass is 10.2. The molecule has 9 heteroatoms. The highest BCUT2D eigenvalue weighted by Gasteiger charge is 2.18. The SMILES string of the molecule is NC(N)=N/N=C/c1ccc([N+](=O)[O-])c(O)c1Cl. The third kappa shape index (κ3) is 3.05. The molecule has 0 heterocycles. The van der Waals surface area contributed by atoms with Crippen LogP contribution in [0.25, 0.3) is 0 Å². The van der Waals surface area contributed by atoms with E-state index in [4.69, 9.17) is 23.1 Å². The van der Waals surface area contributed by atoms with Crippen LogP contribution in [0.2, 0.25) is 5.02 Å². The lowest BCUT2D eigenvalue weighted by molar-refractivity contribution is -0.385. The summed E-state index contributed by atoms with van der Waals surface area (Å²) in [5, 5.41) is 26.5. The molecule has 5 N–H and O–H groups in total. The smallest absolute Gasteiger partial charge is 0.312 e. The number of nitro benzene ring substituents is 1. The zero-order valence-electron chi connectivity index (χ0n) is 8.37. The van der Waals surface area contributed by atoms with E-state index in [0.717, 1.165) is 12.3 Å². The van der Waals surface area contributed by atoms with Crippen LogP contribution in [0.5, 0.6) is 5.75 Å². The van der Waals surface area contributed by atoms with E-state index in [1.807, 2.05) is 0 Å². The first-order valence-corrected chi connectivity index (χ1v) is 4.59. The number of phenols is 1. The predicted octanol–water partition coefficient (Wildman–Crippen LogP) is 0.561. The molecule has 0 unspecified atom stereocenters. The standard InChI is InChI=1S/C8H8ClN5O3/c9-6-4(3-12-13-8(10)11)1-2-5(7(6)15)14(16)17/h1-3,15H,(H4,10,11,13)/b12-3+. The fourth-order valence-corrected chi connectivity index (χ4v) is 1.18. The van der Waals surface area contributed by atoms with Gasteiger partial charge in [0.15, 0.2) is 0 Å². The summed E-state index contributed by atoms with van der Waals surface area (Å²) in [7, 11) is 0. The van der Waals surface area contributed by atoms with Gasteiger partial charge in [-0.05, 0) is 6.07 Å². The van der Waals surface area contributed by atoms with Crippen LogP contribution in [0, 0.1) is 10.1 Å². The number of rotatable bonds is 3. The van der Waals surface area contributed by atoms with Crippen molar-refractivity contribution in [1.82, 2.24) is 0 Å². The van der Waals surface area contributed by atoms with Gasteiger partial charge in [0.2, 0.25) is 11.7 Å². The molecule has 0 spiro atoms. The van der Waals surface area contributed by atoms with Crippen LogP contribution in [-0.2, 0) is 0 Å². The first-order valence-electron chi connectivity index (χ1n) is 4.21. The van der Waals surface area contributed by atoms with E-state index in [1.54, 1.807) is 0 Å². The molecule has 0 amide bonds. The highest BCUT2D eigenvalue weighted by Crippen LogP contribution is 2.35. The average molecular weight is 258 g/mol. The number of nitrogens with zero attached hydrogens (tertiary/aromatic N) is 3. The molecule has 1 aromatic carbocycles. The quantitative estimate of drug-likeness (QED) is 0.314. The Bertz CT molecular complexity index is 510. The largest absolute Gasteiger partial charge is 0.501 e. The molecule has 90 valence electrons. The summed E-state index contributed by atoms with van der Waals surface area (Å²) in [6.45, 7) is 0. The zero-order valence-corrected chi connectivity index (χ0v) is 9.13. The highest BCUT2D eigenvalue weighted by atomic mass is 35.5. The Morgan fingerprint density at radius 2 is 2.18 bits per heavy atom. The number of halogens is 1. The van der Waals surface area contributed by atoms with Crippen LogP contribution in [0.4, 0.5) is 5.69 Å². The van der Waals surface area contributed by atoms with E-state index in [9.17, 15) is 15.2 Å². The van der Waals surface area contributed by atoms with Crippen molar-refractivity contribution in [3.63, 3.8) is 0 Å². The Morgan fingerprint density at radius 1 is 1.53 bits per heavy atom. The summed E-state index contributed by atoms with van der Waals surface area (Å²) in [5.74, 6) is -0.881. The van der Waals surface area contributed by atoms with Crippen molar-refractivity contribution >= 4 is 29.5 Å². The van der Waals surface area contributed by atoms with Crippen molar-refractivity contribution in [2.45, 2.75) is 0 Å². The molecule has 0 radical (unpaired) electrons. The van der Waals surface area contributed by atoms with Gasteiger partial charge in [-0.1, -0.05) is 11.6 Å². The number of guanidine groups is 1. The number of benzene rings is 1. The van der Waals surface area contributed by atoms with Crippen molar-refractivity contribution in [1.29, 1.82) is 0 Å². The number of nitro groups is 1. The minimum Gasteiger partial charge on any atom is -0.501 e. The number of aromatic hydroxyl groups is 1.